The molecule has 7 heteroatoms. The number of hydrogen-bond donors (Lipinski definition) is 0. The second-order valence-corrected chi connectivity index (χ2v) is 57.3. The van der Waals surface area contributed by atoms with Crippen molar-refractivity contribution in [2.75, 3.05) is 0 Å². The van der Waals surface area contributed by atoms with Crippen LogP contribution in [0.2, 0.25) is 98.2 Å². The van der Waals surface area contributed by atoms with Gasteiger partial charge in [-0.05, 0) is 25.1 Å². The van der Waals surface area contributed by atoms with Crippen LogP contribution in [0.4, 0.5) is 0 Å². The fourth-order valence-corrected chi connectivity index (χ4v) is 80.4. The average Bonchev–Trinajstić information content (AvgIpc) is 2.34. The summed E-state index contributed by atoms with van der Waals surface area (Å²) in [4.78, 5) is 1.93. The fourth-order valence-electron chi connectivity index (χ4n) is 6.61. The van der Waals surface area contributed by atoms with Gasteiger partial charge in [-0.3, -0.25) is 0 Å². The van der Waals surface area contributed by atoms with Crippen LogP contribution in [0.1, 0.15) is 20.8 Å². The van der Waals surface area contributed by atoms with E-state index < -0.39 is 46.8 Å². The van der Waals surface area contributed by atoms with Crippen molar-refractivity contribution < 1.29 is 4.43 Å². The summed E-state index contributed by atoms with van der Waals surface area (Å²) in [6, 6.07) is 0. The van der Waals surface area contributed by atoms with E-state index >= 15 is 0 Å². The van der Waals surface area contributed by atoms with Gasteiger partial charge in [-0.15, -0.1) is 5.54 Å². The molecular weight excluding hydrogens is 473 g/mol. The topological polar surface area (TPSA) is 9.23 Å². The van der Waals surface area contributed by atoms with Gasteiger partial charge in [0.15, 0.2) is 8.32 Å². The van der Waals surface area contributed by atoms with Crippen molar-refractivity contribution in [2.45, 2.75) is 124 Å². The van der Waals surface area contributed by atoms with Crippen LogP contribution >= 0.6 is 0 Å². The molecule has 0 saturated carbocycles. The molecule has 0 amide bonds. The maximum atomic E-state index is 7.65. The van der Waals surface area contributed by atoms with Crippen LogP contribution in [0.15, 0.2) is 10.4 Å². The first kappa shape index (κ1) is 29.6. The quantitative estimate of drug-likeness (QED) is 0.260. The molecule has 0 aromatic carbocycles. The first-order valence-corrected chi connectivity index (χ1v) is 33.6. The maximum absolute atomic E-state index is 7.65. The predicted octanol–water partition coefficient (Wildman–Crippen LogP) is 8.05. The van der Waals surface area contributed by atoms with Gasteiger partial charge in [0.1, 0.15) is 15.2 Å². The standard InChI is InChI=1S/C24H54OSi6/c1-23(2,3)24(25-28(10,11)12)21(19-20-26(4,5)6)22(27(7,8)9)31(24,29(13,14)15)30(16,17)18/h1-18H3/t24-/m1/s1. The van der Waals surface area contributed by atoms with Crippen molar-refractivity contribution in [3.05, 3.63) is 10.4 Å². The fraction of sp³-hybridized carbons (Fsp3) is 0.833. The highest BCUT2D eigenvalue weighted by molar-refractivity contribution is 7.75. The molecule has 180 valence electrons. The third-order valence-electron chi connectivity index (χ3n) is 6.58. The monoisotopic (exact) mass is 526 g/mol. The second-order valence-electron chi connectivity index (χ2n) is 15.9. The molecule has 1 atom stereocenters. The normalized spacial score (nSPS) is 23.3. The zero-order valence-corrected chi connectivity index (χ0v) is 30.4. The number of hydrogen-bond acceptors (Lipinski definition) is 1. The van der Waals surface area contributed by atoms with Crippen LogP contribution in [0.25, 0.3) is 0 Å². The molecular formula is C24H54OSi6. The summed E-state index contributed by atoms with van der Waals surface area (Å²) in [5.41, 5.74) is 5.37. The summed E-state index contributed by atoms with van der Waals surface area (Å²) < 4.78 is 7.65. The van der Waals surface area contributed by atoms with Gasteiger partial charge in [0.05, 0.1) is 13.3 Å². The highest BCUT2D eigenvalue weighted by Crippen LogP contribution is 2.65. The Labute approximate surface area is 202 Å². The Morgan fingerprint density at radius 1 is 0.710 bits per heavy atom. The van der Waals surface area contributed by atoms with E-state index in [0.717, 1.165) is 0 Å². The minimum absolute atomic E-state index is 0.0622. The van der Waals surface area contributed by atoms with Crippen LogP contribution in [-0.2, 0) is 4.43 Å². The molecule has 0 fully saturated rings. The van der Waals surface area contributed by atoms with Crippen molar-refractivity contribution in [2.24, 2.45) is 5.41 Å². The van der Waals surface area contributed by atoms with Gasteiger partial charge in [-0.25, -0.2) is 0 Å². The molecule has 1 rings (SSSR count). The SMILES string of the molecule is CC(C)(C)[C@@]1(O[Si](C)(C)C)C(C#C[Si](C)(C)C)=C([Si](C)(C)C)[Si]1([Si](C)(C)C)[Si](C)(C)C. The molecule has 0 aromatic heterocycles. The lowest BCUT2D eigenvalue weighted by Gasteiger charge is -2.75. The van der Waals surface area contributed by atoms with E-state index in [2.05, 4.69) is 130 Å². The van der Waals surface area contributed by atoms with Crippen molar-refractivity contribution in [3.63, 3.8) is 0 Å². The Morgan fingerprint density at radius 2 is 1.10 bits per heavy atom. The lowest BCUT2D eigenvalue weighted by atomic mass is 9.83. The van der Waals surface area contributed by atoms with Gasteiger partial charge in [0, 0.05) is 20.8 Å². The Bertz CT molecular complexity index is 776. The van der Waals surface area contributed by atoms with Crippen molar-refractivity contribution >= 4 is 46.8 Å². The van der Waals surface area contributed by atoms with Crippen LogP contribution in [0, 0.1) is 16.9 Å². The van der Waals surface area contributed by atoms with Gasteiger partial charge in [0.2, 0.25) is 0 Å². The van der Waals surface area contributed by atoms with E-state index in [-0.39, 0.29) is 10.6 Å². The van der Waals surface area contributed by atoms with Crippen LogP contribution in [0.3, 0.4) is 0 Å². The summed E-state index contributed by atoms with van der Waals surface area (Å²) in [5.74, 6) is 3.94. The Balaban J connectivity index is 4.49. The molecule has 0 unspecified atom stereocenters. The lowest BCUT2D eigenvalue weighted by Crippen LogP contribution is -2.94. The summed E-state index contributed by atoms with van der Waals surface area (Å²) in [5, 5.41) is -0.123. The summed E-state index contributed by atoms with van der Waals surface area (Å²) in [6.45, 7) is 45.7. The van der Waals surface area contributed by atoms with Crippen molar-refractivity contribution in [1.29, 1.82) is 0 Å². The van der Waals surface area contributed by atoms with E-state index in [9.17, 15) is 0 Å². The highest BCUT2D eigenvalue weighted by Gasteiger charge is 2.80. The third-order valence-corrected chi connectivity index (χ3v) is 53.5. The Kier molecular flexibility index (Phi) is 7.69. The molecule has 0 bridgehead atoms. The highest BCUT2D eigenvalue weighted by atomic mass is 29.6. The second kappa shape index (κ2) is 8.06. The first-order chi connectivity index (χ1) is 13.2. The molecule has 0 spiro atoms. The van der Waals surface area contributed by atoms with Gasteiger partial charge in [-0.1, -0.05) is 110 Å². The molecule has 1 aliphatic rings. The minimum Gasteiger partial charge on any atom is -0.410 e. The molecule has 0 saturated heterocycles. The van der Waals surface area contributed by atoms with Crippen molar-refractivity contribution in [3.8, 4) is 11.5 Å². The zero-order chi connectivity index (χ0) is 25.3. The first-order valence-electron chi connectivity index (χ1n) is 12.2. The van der Waals surface area contributed by atoms with E-state index in [0.29, 0.717) is 0 Å². The van der Waals surface area contributed by atoms with Gasteiger partial charge in [-0.2, -0.15) is 0 Å². The summed E-state index contributed by atoms with van der Waals surface area (Å²) in [6.07, 6.45) is 0. The molecule has 0 N–H and O–H groups in total. The molecule has 0 aliphatic carbocycles. The van der Waals surface area contributed by atoms with Gasteiger partial charge in [0.25, 0.3) is 0 Å². The molecule has 31 heavy (non-hydrogen) atoms. The van der Waals surface area contributed by atoms with Gasteiger partial charge >= 0.3 is 0 Å². The van der Waals surface area contributed by atoms with Crippen LogP contribution < -0.4 is 0 Å². The predicted molar refractivity (Wildman–Crippen MR) is 161 cm³/mol. The van der Waals surface area contributed by atoms with E-state index in [4.69, 9.17) is 4.43 Å². The molecule has 1 nitrogen and oxygen atoms in total. The Morgan fingerprint density at radius 3 is 1.32 bits per heavy atom. The van der Waals surface area contributed by atoms with Crippen molar-refractivity contribution in [1.82, 2.24) is 0 Å². The molecule has 1 aliphatic heterocycles. The Hall–Kier alpha value is 0.561. The average molecular weight is 527 g/mol. The zero-order valence-electron chi connectivity index (χ0n) is 24.4. The maximum Gasteiger partial charge on any atom is 0.184 e. The third kappa shape index (κ3) is 5.01. The van der Waals surface area contributed by atoms with E-state index in [1.54, 1.807) is 0 Å². The molecule has 0 radical (unpaired) electrons. The summed E-state index contributed by atoms with van der Waals surface area (Å²) in [7, 11) is -9.99. The minimum atomic E-state index is -1.95. The van der Waals surface area contributed by atoms with E-state index in [1.807, 2.05) is 4.82 Å². The largest absolute Gasteiger partial charge is 0.410 e. The molecule has 1 heterocycles. The van der Waals surface area contributed by atoms with Gasteiger partial charge < -0.3 is 4.43 Å². The van der Waals surface area contributed by atoms with Crippen LogP contribution in [0.5, 0.6) is 0 Å². The summed E-state index contributed by atoms with van der Waals surface area (Å²) >= 11 is 0. The smallest absolute Gasteiger partial charge is 0.184 e. The molecule has 0 aromatic rings. The number of rotatable bonds is 5. The van der Waals surface area contributed by atoms with Crippen LogP contribution in [-0.4, -0.2) is 52.0 Å². The lowest BCUT2D eigenvalue weighted by molar-refractivity contribution is 0.0594. The van der Waals surface area contributed by atoms with E-state index in [1.165, 1.54) is 5.57 Å².